The molecule has 0 bridgehead atoms. The van der Waals surface area contributed by atoms with Gasteiger partial charge in [0, 0.05) is 18.1 Å². The summed E-state index contributed by atoms with van der Waals surface area (Å²) in [5, 5.41) is 10.0. The molecule has 0 saturated carbocycles. The fourth-order valence-corrected chi connectivity index (χ4v) is 2.49. The molecule has 1 atom stereocenters. The molecule has 0 spiro atoms. The fraction of sp³-hybridized carbons (Fsp3) is 0.417. The Balaban J connectivity index is 2.14. The first-order chi connectivity index (χ1) is 7.70. The topological polar surface area (TPSA) is 29.9 Å². The van der Waals surface area contributed by atoms with E-state index in [1.54, 1.807) is 11.3 Å². The molecule has 0 aliphatic rings. The molecule has 0 aliphatic carbocycles. The highest BCUT2D eigenvalue weighted by molar-refractivity contribution is 7.10. The minimum atomic E-state index is 0.342. The van der Waals surface area contributed by atoms with Crippen molar-refractivity contribution in [3.05, 3.63) is 34.3 Å². The number of anilines is 1. The molecule has 0 saturated heterocycles. The van der Waals surface area contributed by atoms with Crippen molar-refractivity contribution < 1.29 is 0 Å². The van der Waals surface area contributed by atoms with E-state index in [-0.39, 0.29) is 0 Å². The molecule has 16 heavy (non-hydrogen) atoms. The van der Waals surface area contributed by atoms with E-state index in [1.165, 1.54) is 4.88 Å². The Hall–Kier alpha value is -1.29. The van der Waals surface area contributed by atoms with Crippen LogP contribution in [0.15, 0.2) is 23.7 Å². The second-order valence-corrected chi connectivity index (χ2v) is 4.88. The lowest BCUT2D eigenvalue weighted by Crippen LogP contribution is -2.05. The lowest BCUT2D eigenvalue weighted by molar-refractivity contribution is 0.746. The van der Waals surface area contributed by atoms with E-state index in [9.17, 15) is 0 Å². The molecule has 0 aromatic carbocycles. The van der Waals surface area contributed by atoms with Crippen molar-refractivity contribution in [1.29, 1.82) is 0 Å². The molecule has 86 valence electrons. The van der Waals surface area contributed by atoms with Crippen molar-refractivity contribution >= 4 is 17.0 Å². The van der Waals surface area contributed by atoms with Crippen LogP contribution in [0.25, 0.3) is 0 Å². The van der Waals surface area contributed by atoms with Crippen LogP contribution in [0, 0.1) is 0 Å². The third-order valence-electron chi connectivity index (χ3n) is 2.58. The predicted octanol–water partition coefficient (Wildman–Crippen LogP) is 3.22. The molecule has 2 rings (SSSR count). The normalized spacial score (nSPS) is 12.7. The monoisotopic (exact) mass is 235 g/mol. The van der Waals surface area contributed by atoms with Crippen LogP contribution in [-0.4, -0.2) is 9.78 Å². The summed E-state index contributed by atoms with van der Waals surface area (Å²) in [6, 6.07) is 4.58. The summed E-state index contributed by atoms with van der Waals surface area (Å²) in [5.41, 5.74) is 2.27. The SMILES string of the molecule is CCc1nn(C)cc1NC(C)c1cccs1. The molecular weight excluding hydrogens is 218 g/mol. The smallest absolute Gasteiger partial charge is 0.0853 e. The molecule has 1 N–H and O–H groups in total. The Bertz CT molecular complexity index is 445. The van der Waals surface area contributed by atoms with Gasteiger partial charge in [0.25, 0.3) is 0 Å². The highest BCUT2D eigenvalue weighted by Gasteiger charge is 2.10. The molecule has 0 radical (unpaired) electrons. The maximum Gasteiger partial charge on any atom is 0.0853 e. The second kappa shape index (κ2) is 4.70. The van der Waals surface area contributed by atoms with Crippen LogP contribution < -0.4 is 5.32 Å². The van der Waals surface area contributed by atoms with Crippen LogP contribution in [-0.2, 0) is 13.5 Å². The van der Waals surface area contributed by atoms with Gasteiger partial charge in [-0.15, -0.1) is 11.3 Å². The Labute approximate surface area is 100 Å². The molecule has 0 amide bonds. The van der Waals surface area contributed by atoms with E-state index in [0.29, 0.717) is 6.04 Å². The van der Waals surface area contributed by atoms with E-state index >= 15 is 0 Å². The van der Waals surface area contributed by atoms with E-state index in [0.717, 1.165) is 17.8 Å². The van der Waals surface area contributed by atoms with Crippen LogP contribution in [0.2, 0.25) is 0 Å². The van der Waals surface area contributed by atoms with E-state index < -0.39 is 0 Å². The Morgan fingerprint density at radius 3 is 3.00 bits per heavy atom. The Kier molecular flexibility index (Phi) is 3.29. The number of nitrogens with one attached hydrogen (secondary N) is 1. The van der Waals surface area contributed by atoms with Gasteiger partial charge in [0.2, 0.25) is 0 Å². The van der Waals surface area contributed by atoms with Gasteiger partial charge in [0.05, 0.1) is 17.4 Å². The van der Waals surface area contributed by atoms with Gasteiger partial charge in [-0.25, -0.2) is 0 Å². The number of hydrogen-bond donors (Lipinski definition) is 1. The van der Waals surface area contributed by atoms with Gasteiger partial charge in [0.15, 0.2) is 0 Å². The zero-order valence-corrected chi connectivity index (χ0v) is 10.7. The van der Waals surface area contributed by atoms with Crippen LogP contribution >= 0.6 is 11.3 Å². The van der Waals surface area contributed by atoms with Gasteiger partial charge >= 0.3 is 0 Å². The highest BCUT2D eigenvalue weighted by atomic mass is 32.1. The molecule has 2 aromatic rings. The van der Waals surface area contributed by atoms with Crippen LogP contribution in [0.5, 0.6) is 0 Å². The maximum atomic E-state index is 4.42. The van der Waals surface area contributed by atoms with Crippen LogP contribution in [0.3, 0.4) is 0 Å². The van der Waals surface area contributed by atoms with Crippen molar-refractivity contribution in [2.45, 2.75) is 26.3 Å². The number of aromatic nitrogens is 2. The number of rotatable bonds is 4. The summed E-state index contributed by atoms with van der Waals surface area (Å²) in [5.74, 6) is 0. The molecule has 2 aromatic heterocycles. The average molecular weight is 235 g/mol. The summed E-state index contributed by atoms with van der Waals surface area (Å²) in [6.07, 6.45) is 3.00. The van der Waals surface area contributed by atoms with Gasteiger partial charge in [-0.2, -0.15) is 5.10 Å². The number of hydrogen-bond acceptors (Lipinski definition) is 3. The summed E-state index contributed by atoms with van der Waals surface area (Å²) < 4.78 is 1.86. The van der Waals surface area contributed by atoms with E-state index in [4.69, 9.17) is 0 Å². The van der Waals surface area contributed by atoms with Crippen LogP contribution in [0.4, 0.5) is 5.69 Å². The van der Waals surface area contributed by atoms with Gasteiger partial charge in [0.1, 0.15) is 0 Å². The lowest BCUT2D eigenvalue weighted by atomic mass is 10.2. The largest absolute Gasteiger partial charge is 0.375 e. The summed E-state index contributed by atoms with van der Waals surface area (Å²) >= 11 is 1.78. The average Bonchev–Trinajstić information content (AvgIpc) is 2.87. The van der Waals surface area contributed by atoms with Gasteiger partial charge in [-0.05, 0) is 24.8 Å². The molecule has 2 heterocycles. The number of thiophene rings is 1. The lowest BCUT2D eigenvalue weighted by Gasteiger charge is -2.12. The highest BCUT2D eigenvalue weighted by Crippen LogP contribution is 2.24. The zero-order valence-electron chi connectivity index (χ0n) is 9.90. The van der Waals surface area contributed by atoms with Crippen molar-refractivity contribution in [3.63, 3.8) is 0 Å². The molecule has 1 unspecified atom stereocenters. The molecule has 4 heteroatoms. The Morgan fingerprint density at radius 1 is 1.56 bits per heavy atom. The third-order valence-corrected chi connectivity index (χ3v) is 3.64. The van der Waals surface area contributed by atoms with Gasteiger partial charge in [-0.1, -0.05) is 13.0 Å². The zero-order chi connectivity index (χ0) is 11.5. The van der Waals surface area contributed by atoms with E-state index in [1.807, 2.05) is 17.9 Å². The maximum absolute atomic E-state index is 4.42. The summed E-state index contributed by atoms with van der Waals surface area (Å²) in [6.45, 7) is 4.31. The quantitative estimate of drug-likeness (QED) is 0.882. The second-order valence-electron chi connectivity index (χ2n) is 3.90. The van der Waals surface area contributed by atoms with Gasteiger partial charge < -0.3 is 5.32 Å². The van der Waals surface area contributed by atoms with Crippen molar-refractivity contribution in [3.8, 4) is 0 Å². The fourth-order valence-electron chi connectivity index (χ4n) is 1.76. The molecule has 3 nitrogen and oxygen atoms in total. The summed E-state index contributed by atoms with van der Waals surface area (Å²) in [7, 11) is 1.96. The standard InChI is InChI=1S/C12H17N3S/c1-4-10-11(8-15(3)14-10)13-9(2)12-6-5-7-16-12/h5-9,13H,4H2,1-3H3. The molecule has 0 aliphatic heterocycles. The molecule has 0 fully saturated rings. The first-order valence-corrected chi connectivity index (χ1v) is 6.41. The summed E-state index contributed by atoms with van der Waals surface area (Å²) in [4.78, 5) is 1.35. The van der Waals surface area contributed by atoms with Crippen molar-refractivity contribution in [2.24, 2.45) is 7.05 Å². The van der Waals surface area contributed by atoms with Crippen LogP contribution in [0.1, 0.15) is 30.5 Å². The first kappa shape index (κ1) is 11.2. The Morgan fingerprint density at radius 2 is 2.38 bits per heavy atom. The van der Waals surface area contributed by atoms with Crippen molar-refractivity contribution in [1.82, 2.24) is 9.78 Å². The predicted molar refractivity (Wildman–Crippen MR) is 68.9 cm³/mol. The minimum Gasteiger partial charge on any atom is -0.375 e. The first-order valence-electron chi connectivity index (χ1n) is 5.53. The number of nitrogens with zero attached hydrogens (tertiary/aromatic N) is 2. The van der Waals surface area contributed by atoms with Gasteiger partial charge in [-0.3, -0.25) is 4.68 Å². The van der Waals surface area contributed by atoms with Crippen molar-refractivity contribution in [2.75, 3.05) is 5.32 Å². The number of aryl methyl sites for hydroxylation is 2. The molecular formula is C12H17N3S. The van der Waals surface area contributed by atoms with E-state index in [2.05, 4.69) is 41.8 Å². The minimum absolute atomic E-state index is 0.342. The third kappa shape index (κ3) is 2.27.